The van der Waals surface area contributed by atoms with Crippen LogP contribution < -0.4 is 5.11 Å². The van der Waals surface area contributed by atoms with Gasteiger partial charge < -0.3 is 33.3 Å². The number of rotatable bonds is 68. The number of hydrogen-bond donors (Lipinski definition) is 0. The Morgan fingerprint density at radius 3 is 0.914 bits per heavy atom. The minimum Gasteiger partial charge on any atom is -0.545 e. The molecule has 0 bridgehead atoms. The number of carboxylic acids is 1. The Morgan fingerprint density at radius 1 is 0.358 bits per heavy atom. The van der Waals surface area contributed by atoms with E-state index in [-0.39, 0.29) is 32.2 Å². The molecule has 480 valence electrons. The van der Waals surface area contributed by atoms with Crippen molar-refractivity contribution in [1.29, 1.82) is 0 Å². The van der Waals surface area contributed by atoms with Crippen LogP contribution in [0.1, 0.15) is 373 Å². The number of likely N-dealkylation sites (N-methyl/N-ethyl adjacent to an activating group) is 1. The van der Waals surface area contributed by atoms with Gasteiger partial charge in [0.1, 0.15) is 13.2 Å². The van der Waals surface area contributed by atoms with Crippen molar-refractivity contribution in [2.75, 3.05) is 47.5 Å². The molecule has 0 aliphatic rings. The summed E-state index contributed by atoms with van der Waals surface area (Å²) >= 11 is 0. The molecule has 0 radical (unpaired) electrons. The summed E-state index contributed by atoms with van der Waals surface area (Å²) in [4.78, 5) is 37.4. The van der Waals surface area contributed by atoms with Crippen molar-refractivity contribution in [2.45, 2.75) is 386 Å². The highest BCUT2D eigenvalue weighted by Gasteiger charge is 2.22. The smallest absolute Gasteiger partial charge is 0.306 e. The highest BCUT2D eigenvalue weighted by molar-refractivity contribution is 5.70. The van der Waals surface area contributed by atoms with Gasteiger partial charge in [-0.1, -0.05) is 334 Å². The molecule has 0 aliphatic carbocycles. The topological polar surface area (TPSA) is 111 Å². The van der Waals surface area contributed by atoms with Crippen molar-refractivity contribution in [2.24, 2.45) is 0 Å². The first-order valence-corrected chi connectivity index (χ1v) is 35.8. The first-order chi connectivity index (χ1) is 39.6. The molecule has 0 saturated carbocycles. The lowest BCUT2D eigenvalue weighted by molar-refractivity contribution is -0.870. The predicted octanol–water partition coefficient (Wildman–Crippen LogP) is 20.7. The van der Waals surface area contributed by atoms with Crippen LogP contribution in [0.3, 0.4) is 0 Å². The van der Waals surface area contributed by atoms with Crippen LogP contribution >= 0.6 is 0 Å². The van der Waals surface area contributed by atoms with E-state index in [1.54, 1.807) is 0 Å². The first-order valence-electron chi connectivity index (χ1n) is 35.8. The zero-order valence-electron chi connectivity index (χ0n) is 54.9. The van der Waals surface area contributed by atoms with Gasteiger partial charge in [-0.15, -0.1) is 0 Å². The van der Waals surface area contributed by atoms with Crippen molar-refractivity contribution in [3.05, 3.63) is 12.2 Å². The van der Waals surface area contributed by atoms with E-state index in [4.69, 9.17) is 18.9 Å². The zero-order chi connectivity index (χ0) is 59.1. The van der Waals surface area contributed by atoms with Gasteiger partial charge in [-0.25, -0.2) is 0 Å². The monoisotopic (exact) mass is 1150 g/mol. The van der Waals surface area contributed by atoms with Crippen LogP contribution in [0.2, 0.25) is 0 Å². The van der Waals surface area contributed by atoms with Crippen LogP contribution in [-0.2, 0) is 33.3 Å². The first kappa shape index (κ1) is 79.0. The van der Waals surface area contributed by atoms with Crippen molar-refractivity contribution in [1.82, 2.24) is 0 Å². The highest BCUT2D eigenvalue weighted by Crippen LogP contribution is 2.19. The summed E-state index contributed by atoms with van der Waals surface area (Å²) in [6, 6.07) is 0. The van der Waals surface area contributed by atoms with Gasteiger partial charge in [0.15, 0.2) is 12.4 Å². The van der Waals surface area contributed by atoms with Gasteiger partial charge in [0.25, 0.3) is 0 Å². The lowest BCUT2D eigenvalue weighted by Gasteiger charge is -2.26. The molecule has 0 amide bonds. The van der Waals surface area contributed by atoms with E-state index in [1.807, 2.05) is 21.1 Å². The predicted molar refractivity (Wildman–Crippen MR) is 343 cm³/mol. The van der Waals surface area contributed by atoms with Crippen molar-refractivity contribution < 1.29 is 42.9 Å². The summed E-state index contributed by atoms with van der Waals surface area (Å²) in [7, 11) is 5.94. The van der Waals surface area contributed by atoms with E-state index in [0.29, 0.717) is 17.4 Å². The Morgan fingerprint density at radius 2 is 0.630 bits per heavy atom. The lowest BCUT2D eigenvalue weighted by Crippen LogP contribution is -2.44. The Hall–Kier alpha value is -1.97. The summed E-state index contributed by atoms with van der Waals surface area (Å²) in [5.41, 5.74) is 0. The van der Waals surface area contributed by atoms with Crippen LogP contribution in [0, 0.1) is 0 Å². The van der Waals surface area contributed by atoms with Crippen LogP contribution in [-0.4, -0.2) is 82.3 Å². The van der Waals surface area contributed by atoms with E-state index in [1.165, 1.54) is 308 Å². The SMILES string of the molecule is CCCCCCCCCC/C=C\CCCCCCCCCCCCCCCCCCCCCCCCCCCCCC(=O)OC(COC(=O)CCCCCCCCCCCCCCCCCCC)COC(OCC[N+](C)(C)C)C(=O)[O-]. The molecular formula is C72H139NO8. The molecular weight excluding hydrogens is 1010 g/mol. The molecule has 0 aromatic heterocycles. The van der Waals surface area contributed by atoms with Gasteiger partial charge in [-0.05, 0) is 38.5 Å². The summed E-state index contributed by atoms with van der Waals surface area (Å²) in [6.45, 7) is 4.82. The third-order valence-corrected chi connectivity index (χ3v) is 16.5. The molecule has 0 aromatic carbocycles. The Kier molecular flexibility index (Phi) is 62.5. The van der Waals surface area contributed by atoms with Crippen LogP contribution in [0.4, 0.5) is 0 Å². The van der Waals surface area contributed by atoms with E-state index >= 15 is 0 Å². The van der Waals surface area contributed by atoms with Crippen molar-refractivity contribution in [3.63, 3.8) is 0 Å². The normalized spacial score (nSPS) is 12.7. The molecule has 81 heavy (non-hydrogen) atoms. The maximum Gasteiger partial charge on any atom is 0.306 e. The molecule has 0 rings (SSSR count). The molecule has 0 aromatic rings. The number of quaternary nitrogens is 1. The second-order valence-corrected chi connectivity index (χ2v) is 25.9. The average molecular weight is 1150 g/mol. The zero-order valence-corrected chi connectivity index (χ0v) is 54.9. The Bertz CT molecular complexity index is 1330. The highest BCUT2D eigenvalue weighted by atomic mass is 16.7. The molecule has 0 spiro atoms. The number of allylic oxidation sites excluding steroid dienone is 2. The van der Waals surface area contributed by atoms with Gasteiger partial charge >= 0.3 is 11.9 Å². The van der Waals surface area contributed by atoms with Crippen molar-refractivity contribution in [3.8, 4) is 0 Å². The van der Waals surface area contributed by atoms with Crippen LogP contribution in [0.25, 0.3) is 0 Å². The lowest BCUT2D eigenvalue weighted by atomic mass is 10.0. The second-order valence-electron chi connectivity index (χ2n) is 25.9. The molecule has 0 aliphatic heterocycles. The number of carbonyl (C=O) groups is 3. The van der Waals surface area contributed by atoms with Crippen molar-refractivity contribution >= 4 is 17.9 Å². The van der Waals surface area contributed by atoms with Crippen LogP contribution in [0.5, 0.6) is 0 Å². The minimum absolute atomic E-state index is 0.153. The van der Waals surface area contributed by atoms with Gasteiger partial charge in [0, 0.05) is 12.8 Å². The number of carboxylic acid groups (broad SMARTS) is 1. The quantitative estimate of drug-likeness (QED) is 0.0195. The van der Waals surface area contributed by atoms with E-state index < -0.39 is 24.3 Å². The fraction of sp³-hybridized carbons (Fsp3) is 0.931. The average Bonchev–Trinajstić information content (AvgIpc) is 3.44. The fourth-order valence-electron chi connectivity index (χ4n) is 11.0. The standard InChI is InChI=1S/C72H139NO8/c1-6-8-10-12-14-16-18-20-22-24-25-26-27-28-29-30-31-32-33-34-35-36-37-38-39-40-41-42-43-44-45-47-49-51-53-55-57-59-61-63-70(75)81-68(67-80-72(71(76)77)78-65-64-73(3,4)5)66-79-69(74)62-60-58-56-54-52-50-48-46-23-21-19-17-15-13-11-9-7-2/h24-25,68,72H,6-23,26-67H2,1-5H3/b25-24-. The van der Waals surface area contributed by atoms with Gasteiger partial charge in [-0.2, -0.15) is 0 Å². The molecule has 0 saturated heterocycles. The second kappa shape index (κ2) is 64.0. The number of ether oxygens (including phenoxy) is 4. The van der Waals surface area contributed by atoms with E-state index in [0.717, 1.165) is 38.5 Å². The number of nitrogens with zero attached hydrogens (tertiary/aromatic N) is 1. The Balaban J connectivity index is 3.92. The van der Waals surface area contributed by atoms with Crippen LogP contribution in [0.15, 0.2) is 12.2 Å². The maximum absolute atomic E-state index is 12.9. The number of unbranched alkanes of at least 4 members (excludes halogenated alkanes) is 51. The summed E-state index contributed by atoms with van der Waals surface area (Å²) in [5.74, 6) is -2.25. The third kappa shape index (κ3) is 65.4. The maximum atomic E-state index is 12.9. The van der Waals surface area contributed by atoms with E-state index in [9.17, 15) is 19.5 Å². The molecule has 0 heterocycles. The molecule has 0 fully saturated rings. The fourth-order valence-corrected chi connectivity index (χ4v) is 11.0. The van der Waals surface area contributed by atoms with E-state index in [2.05, 4.69) is 26.0 Å². The minimum atomic E-state index is -1.62. The number of aliphatic carboxylic acids is 1. The summed E-state index contributed by atoms with van der Waals surface area (Å²) in [6.07, 6.45) is 74.7. The molecule has 2 unspecified atom stereocenters. The molecule has 9 heteroatoms. The van der Waals surface area contributed by atoms with Gasteiger partial charge in [-0.3, -0.25) is 9.59 Å². The molecule has 0 N–H and O–H groups in total. The third-order valence-electron chi connectivity index (χ3n) is 16.5. The van der Waals surface area contributed by atoms with Gasteiger partial charge in [0.05, 0.1) is 40.3 Å². The summed E-state index contributed by atoms with van der Waals surface area (Å²) < 4.78 is 22.8. The Labute approximate surface area is 504 Å². The van der Waals surface area contributed by atoms with Gasteiger partial charge in [0.2, 0.25) is 0 Å². The number of esters is 2. The largest absolute Gasteiger partial charge is 0.545 e. The molecule has 9 nitrogen and oxygen atoms in total. The number of hydrogen-bond acceptors (Lipinski definition) is 8. The number of carbonyl (C=O) groups excluding carboxylic acids is 3. The molecule has 2 atom stereocenters. The summed E-state index contributed by atoms with van der Waals surface area (Å²) in [5, 5.41) is 11.8.